The normalized spacial score (nSPS) is 14.5. The summed E-state index contributed by atoms with van der Waals surface area (Å²) in [5.74, 6) is 0. The maximum absolute atomic E-state index is 4.86. The van der Waals surface area contributed by atoms with Crippen molar-refractivity contribution in [1.29, 1.82) is 0 Å². The van der Waals surface area contributed by atoms with Crippen LogP contribution in [0.25, 0.3) is 0 Å². The average Bonchev–Trinajstić information content (AvgIpc) is 2.98. The van der Waals surface area contributed by atoms with Crippen LogP contribution in [0.2, 0.25) is 0 Å². The van der Waals surface area contributed by atoms with Crippen LogP contribution in [0.15, 0.2) is 212 Å². The number of unbranched alkanes of at least 4 members (excludes halogenated alkanes) is 15. The quantitative estimate of drug-likeness (QED) is 0.0362. The molecule has 0 bridgehead atoms. The van der Waals surface area contributed by atoms with Gasteiger partial charge in [0.15, 0.2) is 0 Å². The topological polar surface area (TPSA) is 50.1 Å². The van der Waals surface area contributed by atoms with Crippen molar-refractivity contribution in [2.24, 2.45) is 0 Å². The van der Waals surface area contributed by atoms with Crippen molar-refractivity contribution < 1.29 is 18.9 Å². The maximum atomic E-state index is 4.86. The smallest absolute Gasteiger partial charge is 0.0807 e. The van der Waals surface area contributed by atoms with Gasteiger partial charge in [-0.05, 0) is 110 Å². The predicted octanol–water partition coefficient (Wildman–Crippen LogP) is 28.0. The van der Waals surface area contributed by atoms with Crippen LogP contribution in [0.1, 0.15) is 285 Å². The Morgan fingerprint density at radius 3 is 0.598 bits per heavy atom. The minimum Gasteiger partial charge on any atom is -0.373 e. The van der Waals surface area contributed by atoms with Crippen molar-refractivity contribution in [2.45, 2.75) is 309 Å². The van der Waals surface area contributed by atoms with E-state index in [0.29, 0.717) is 24.4 Å². The average molecular weight is 1330 g/mol. The molecule has 11 rings (SSSR count). The molecule has 0 aromatic heterocycles. The van der Waals surface area contributed by atoms with Crippen LogP contribution in [0.4, 0.5) is 0 Å². The van der Waals surface area contributed by atoms with Crippen molar-refractivity contribution in [3.63, 3.8) is 0 Å². The molecule has 4 saturated heterocycles. The number of hydrogen-bond donors (Lipinski definition) is 0. The Hall–Kier alpha value is -5.62. The van der Waals surface area contributed by atoms with Crippen LogP contribution in [0.5, 0.6) is 0 Å². The molecule has 4 aliphatic heterocycles. The summed E-state index contributed by atoms with van der Waals surface area (Å²) in [5, 5.41) is 0. The van der Waals surface area contributed by atoms with Gasteiger partial charge < -0.3 is 18.9 Å². The number of epoxide rings is 4. The molecule has 4 aliphatic rings. The third kappa shape index (κ3) is 70.1. The Balaban J connectivity index is -0.00000102. The minimum absolute atomic E-state index is 0. The molecule has 4 fully saturated rings. The first-order valence-corrected chi connectivity index (χ1v) is 38.5. The van der Waals surface area contributed by atoms with E-state index in [1.807, 2.05) is 19.9 Å². The largest absolute Gasteiger partial charge is 0.373 e. The van der Waals surface area contributed by atoms with E-state index >= 15 is 0 Å². The predicted molar refractivity (Wildman–Crippen MR) is 434 cm³/mol. The van der Waals surface area contributed by atoms with Crippen molar-refractivity contribution in [3.05, 3.63) is 251 Å². The highest BCUT2D eigenvalue weighted by Gasteiger charge is 2.19. The second-order valence-electron chi connectivity index (χ2n) is 24.8. The lowest BCUT2D eigenvalue weighted by Crippen LogP contribution is -1.89. The first-order valence-electron chi connectivity index (χ1n) is 38.5. The van der Waals surface area contributed by atoms with Crippen molar-refractivity contribution in [3.8, 4) is 0 Å². The fourth-order valence-electron chi connectivity index (χ4n) is 9.07. The van der Waals surface area contributed by atoms with Gasteiger partial charge in [0, 0.05) is 0 Å². The summed E-state index contributed by atoms with van der Waals surface area (Å²) in [5.41, 5.74) is 9.85. The van der Waals surface area contributed by atoms with Gasteiger partial charge in [-0.3, -0.25) is 0 Å². The van der Waals surface area contributed by atoms with Gasteiger partial charge in [-0.15, -0.1) is 0 Å². The molecule has 7 aromatic rings. The summed E-state index contributed by atoms with van der Waals surface area (Å²) >= 11 is 0. The summed E-state index contributed by atoms with van der Waals surface area (Å²) in [7, 11) is 0. The molecule has 0 saturated carbocycles. The van der Waals surface area contributed by atoms with E-state index in [1.165, 1.54) is 193 Å². The number of rotatable bonds is 28. The van der Waals surface area contributed by atoms with Gasteiger partial charge in [-0.25, -0.2) is 0 Å². The van der Waals surface area contributed by atoms with E-state index in [0.717, 1.165) is 52.1 Å². The third-order valence-electron chi connectivity index (χ3n) is 15.8. The Morgan fingerprint density at radius 2 is 0.433 bits per heavy atom. The summed E-state index contributed by atoms with van der Waals surface area (Å²) < 4.78 is 19.3. The van der Waals surface area contributed by atoms with Gasteiger partial charge >= 0.3 is 0 Å². The molecule has 4 heteroatoms. The number of ether oxygens (including phenoxy) is 4. The summed E-state index contributed by atoms with van der Waals surface area (Å²) in [6.07, 6.45) is 39.6. The van der Waals surface area contributed by atoms with Crippen LogP contribution >= 0.6 is 0 Å². The number of hydrogen-bond acceptors (Lipinski definition) is 4. The van der Waals surface area contributed by atoms with E-state index < -0.39 is 0 Å². The van der Waals surface area contributed by atoms with E-state index in [1.54, 1.807) is 0 Å². The minimum atomic E-state index is 0. The van der Waals surface area contributed by atoms with Gasteiger partial charge in [0.2, 0.25) is 0 Å². The molecule has 4 atom stereocenters. The summed E-state index contributed by atoms with van der Waals surface area (Å²) in [4.78, 5) is 0. The molecule has 0 spiro atoms. The number of benzene rings is 7. The zero-order valence-electron chi connectivity index (χ0n) is 63.3. The molecule has 4 unspecified atom stereocenters. The Bertz CT molecular complexity index is 2330. The van der Waals surface area contributed by atoms with Crippen molar-refractivity contribution in [2.75, 3.05) is 26.4 Å². The molecule has 0 amide bonds. The standard InChI is InChI=1S/C15H16.C14H14.C13H12.C10H22.C8H10.C8H18.C6H14.3C4H8O.C3H6O.C2H6.2CH4/c1-3-8-14(9-4-1)12-7-13-15-10-5-2-6-11-15;1-3-7-13(8-4-1)11-12-14-9-5-2-6-10-14;1-3-7-12(8-4-1)11-13-9-5-2-6-10-13;1-3-5-7-9-10-8-6-4-2;1-2-8-6-4-3-5-7-8;1-3-5-7-8-6-4-2;1-3-5-6-4-2;3*1-2-4-3-5-4;1-3-2-4-3;1-2;;/h1-6,8-11H,7,12-13H2;1-10H,11-12H2;1-10H,11H2;3-10H2,1-2H3;3-7H,2H2,1H3;3-8H2,1-2H3;3-6H2,1-2H3;3*4H,2-3H2,1H3;3H,2H2,1H3;1-2H3;2*1H4. The van der Waals surface area contributed by atoms with E-state index in [2.05, 4.69) is 282 Å². The zero-order valence-corrected chi connectivity index (χ0v) is 63.3. The summed E-state index contributed by atoms with van der Waals surface area (Å²) in [6, 6.07) is 74.1. The molecule has 4 heterocycles. The molecule has 546 valence electrons. The first-order chi connectivity index (χ1) is 46.7. The van der Waals surface area contributed by atoms with Crippen LogP contribution in [0.3, 0.4) is 0 Å². The van der Waals surface area contributed by atoms with Gasteiger partial charge in [0.25, 0.3) is 0 Å². The Kier molecular flexibility index (Phi) is 73.5. The molecule has 4 nitrogen and oxygen atoms in total. The fraction of sp³-hybridized carbons (Fsp3) is 0.548. The maximum Gasteiger partial charge on any atom is 0.0807 e. The van der Waals surface area contributed by atoms with Crippen LogP contribution in [0, 0.1) is 0 Å². The lowest BCUT2D eigenvalue weighted by atomic mass is 10.0. The Labute approximate surface area is 602 Å². The molecule has 0 radical (unpaired) electrons. The lowest BCUT2D eigenvalue weighted by molar-refractivity contribution is 0.403. The molecule has 0 N–H and O–H groups in total. The van der Waals surface area contributed by atoms with Crippen molar-refractivity contribution in [1.82, 2.24) is 0 Å². The molecular weight excluding hydrogens is 1180 g/mol. The first kappa shape index (κ1) is 95.6. The highest BCUT2D eigenvalue weighted by molar-refractivity contribution is 5.26. The Morgan fingerprint density at radius 1 is 0.247 bits per heavy atom. The second kappa shape index (κ2) is 74.6. The monoisotopic (exact) mass is 1330 g/mol. The van der Waals surface area contributed by atoms with Crippen LogP contribution in [-0.2, 0) is 57.5 Å². The van der Waals surface area contributed by atoms with E-state index in [-0.39, 0.29) is 14.9 Å². The van der Waals surface area contributed by atoms with E-state index in [4.69, 9.17) is 18.9 Å². The lowest BCUT2D eigenvalue weighted by Gasteiger charge is -2.01. The van der Waals surface area contributed by atoms with Gasteiger partial charge in [0.05, 0.1) is 50.8 Å². The fourth-order valence-corrected chi connectivity index (χ4v) is 9.07. The molecule has 97 heavy (non-hydrogen) atoms. The zero-order chi connectivity index (χ0) is 69.6. The van der Waals surface area contributed by atoms with Gasteiger partial charge in [-0.2, -0.15) is 0 Å². The molecule has 0 aliphatic carbocycles. The van der Waals surface area contributed by atoms with E-state index in [9.17, 15) is 0 Å². The second-order valence-corrected chi connectivity index (χ2v) is 24.8. The SMILES string of the molecule is C.C.CC.CC1CO1.CCC1CO1.CCC1CO1.CCC1CO1.CCCCCC.CCCCCCCC.CCCCCCCCCC.CCc1ccccc1.c1ccc(CCCc2ccccc2)cc1.c1ccc(CCc2ccccc2)cc1.c1ccc(Cc2ccccc2)cc1. The van der Waals surface area contributed by atoms with Gasteiger partial charge in [-0.1, -0.05) is 426 Å². The van der Waals surface area contributed by atoms with Crippen molar-refractivity contribution >= 4 is 0 Å². The third-order valence-corrected chi connectivity index (χ3v) is 15.8. The highest BCUT2D eigenvalue weighted by Crippen LogP contribution is 2.14. The van der Waals surface area contributed by atoms with Crippen LogP contribution in [-0.4, -0.2) is 50.8 Å². The van der Waals surface area contributed by atoms with Crippen LogP contribution < -0.4 is 0 Å². The molecular formula is C93H150O4. The summed E-state index contributed by atoms with van der Waals surface area (Å²) in [6.45, 7) is 32.2. The van der Waals surface area contributed by atoms with Gasteiger partial charge in [0.1, 0.15) is 0 Å². The number of aryl methyl sites for hydroxylation is 5. The molecule has 7 aromatic carbocycles. The highest BCUT2D eigenvalue weighted by atomic mass is 16.6.